The summed E-state index contributed by atoms with van der Waals surface area (Å²) < 4.78 is 5.86. The van der Waals surface area contributed by atoms with E-state index in [0.29, 0.717) is 17.1 Å². The molecule has 0 spiro atoms. The molecule has 0 saturated heterocycles. The highest BCUT2D eigenvalue weighted by molar-refractivity contribution is 6.61. The fourth-order valence-electron chi connectivity index (χ4n) is 5.10. The number of allylic oxidation sites excluding steroid dienone is 4. The molecular weight excluding hydrogens is 434 g/mol. The van der Waals surface area contributed by atoms with E-state index >= 15 is 0 Å². The standard InChI is InChI=1S/C30H19N3O2/c34-27-19-26(31-16-13-20-7-1-4-10-23(20)31)28(32-17-14-21-8-2-5-11-24(21)32)29(30(27)35)33-18-15-22-9-3-6-12-25(22)33/h1-19H. The molecule has 3 heterocycles. The predicted molar refractivity (Wildman–Crippen MR) is 140 cm³/mol. The number of hydrogen-bond acceptors (Lipinski definition) is 2. The SMILES string of the molecule is O=C1C=C(n2ccc3ccccc32)C(n2ccc3ccccc32)=C(n2ccc3ccccc32)C1=O. The summed E-state index contributed by atoms with van der Waals surface area (Å²) in [6.45, 7) is 0. The Morgan fingerprint density at radius 3 is 1.43 bits per heavy atom. The van der Waals surface area contributed by atoms with Crippen molar-refractivity contribution < 1.29 is 9.59 Å². The molecule has 1 aliphatic rings. The van der Waals surface area contributed by atoms with Gasteiger partial charge in [-0.05, 0) is 52.6 Å². The molecule has 0 bridgehead atoms. The largest absolute Gasteiger partial charge is 0.314 e. The Hall–Kier alpha value is -4.90. The van der Waals surface area contributed by atoms with E-state index in [0.717, 1.165) is 32.7 Å². The molecule has 5 nitrogen and oxygen atoms in total. The number of carbonyl (C=O) groups is 2. The van der Waals surface area contributed by atoms with Gasteiger partial charge in [0.05, 0.1) is 27.9 Å². The molecule has 3 aromatic carbocycles. The van der Waals surface area contributed by atoms with Gasteiger partial charge in [-0.2, -0.15) is 0 Å². The van der Waals surface area contributed by atoms with E-state index in [1.54, 1.807) is 0 Å². The van der Waals surface area contributed by atoms with Gasteiger partial charge < -0.3 is 13.7 Å². The monoisotopic (exact) mass is 453 g/mol. The normalized spacial score (nSPS) is 14.5. The highest BCUT2D eigenvalue weighted by Gasteiger charge is 2.33. The van der Waals surface area contributed by atoms with Crippen molar-refractivity contribution in [2.45, 2.75) is 0 Å². The maximum absolute atomic E-state index is 13.6. The van der Waals surface area contributed by atoms with Gasteiger partial charge in [0, 0.05) is 24.7 Å². The van der Waals surface area contributed by atoms with Crippen molar-refractivity contribution in [2.24, 2.45) is 0 Å². The second-order valence-corrected chi connectivity index (χ2v) is 8.65. The van der Waals surface area contributed by atoms with Gasteiger partial charge in [-0.1, -0.05) is 54.6 Å². The lowest BCUT2D eigenvalue weighted by molar-refractivity contribution is -0.130. The molecule has 0 radical (unpaired) electrons. The predicted octanol–water partition coefficient (Wildman–Crippen LogP) is 6.07. The van der Waals surface area contributed by atoms with Crippen LogP contribution in [0, 0.1) is 0 Å². The molecule has 0 unspecified atom stereocenters. The summed E-state index contributed by atoms with van der Waals surface area (Å²) in [6, 6.07) is 30.0. The minimum Gasteiger partial charge on any atom is -0.314 e. The third-order valence-electron chi connectivity index (χ3n) is 6.71. The van der Waals surface area contributed by atoms with Crippen LogP contribution in [0.15, 0.2) is 116 Å². The third-order valence-corrected chi connectivity index (χ3v) is 6.71. The zero-order chi connectivity index (χ0) is 23.5. The van der Waals surface area contributed by atoms with Crippen molar-refractivity contribution in [1.82, 2.24) is 13.7 Å². The van der Waals surface area contributed by atoms with Crippen LogP contribution in [0.2, 0.25) is 0 Å². The summed E-state index contributed by atoms with van der Waals surface area (Å²) in [5.41, 5.74) is 4.46. The quantitative estimate of drug-likeness (QED) is 0.241. The number of rotatable bonds is 3. The molecule has 1 aliphatic carbocycles. The van der Waals surface area contributed by atoms with Gasteiger partial charge in [-0.25, -0.2) is 0 Å². The van der Waals surface area contributed by atoms with Crippen LogP contribution in [-0.4, -0.2) is 25.3 Å². The Morgan fingerprint density at radius 2 is 0.886 bits per heavy atom. The lowest BCUT2D eigenvalue weighted by atomic mass is 10.0. The third kappa shape index (κ3) is 2.82. The lowest BCUT2D eigenvalue weighted by Gasteiger charge is -2.24. The van der Waals surface area contributed by atoms with Gasteiger partial charge in [-0.15, -0.1) is 0 Å². The molecule has 0 atom stereocenters. The van der Waals surface area contributed by atoms with Crippen LogP contribution in [0.3, 0.4) is 0 Å². The molecule has 35 heavy (non-hydrogen) atoms. The van der Waals surface area contributed by atoms with Gasteiger partial charge >= 0.3 is 0 Å². The van der Waals surface area contributed by atoms with Crippen LogP contribution in [0.5, 0.6) is 0 Å². The van der Waals surface area contributed by atoms with Gasteiger partial charge in [0.25, 0.3) is 5.78 Å². The van der Waals surface area contributed by atoms with E-state index in [4.69, 9.17) is 0 Å². The second-order valence-electron chi connectivity index (χ2n) is 8.65. The fourth-order valence-corrected chi connectivity index (χ4v) is 5.10. The summed E-state index contributed by atoms with van der Waals surface area (Å²) in [6.07, 6.45) is 7.26. The number of benzene rings is 3. The number of hydrogen-bond donors (Lipinski definition) is 0. The van der Waals surface area contributed by atoms with Crippen molar-refractivity contribution in [3.8, 4) is 0 Å². The summed E-state index contributed by atoms with van der Waals surface area (Å²) in [4.78, 5) is 26.8. The van der Waals surface area contributed by atoms with Crippen LogP contribution >= 0.6 is 0 Å². The molecule has 0 amide bonds. The average Bonchev–Trinajstić information content (AvgIpc) is 3.62. The highest BCUT2D eigenvalue weighted by atomic mass is 16.2. The summed E-state index contributed by atoms with van der Waals surface area (Å²) in [5.74, 6) is -1.06. The summed E-state index contributed by atoms with van der Waals surface area (Å²) in [7, 11) is 0. The molecule has 0 aliphatic heterocycles. The molecule has 0 N–H and O–H groups in total. The maximum atomic E-state index is 13.6. The zero-order valence-corrected chi connectivity index (χ0v) is 18.6. The molecule has 5 heteroatoms. The number of Topliss-reactive ketones (excluding diaryl/α,β-unsaturated/α-hetero) is 1. The van der Waals surface area contributed by atoms with Crippen molar-refractivity contribution in [3.05, 3.63) is 116 Å². The first-order valence-corrected chi connectivity index (χ1v) is 11.4. The van der Waals surface area contributed by atoms with Crippen molar-refractivity contribution in [1.29, 1.82) is 0 Å². The number of ketones is 2. The van der Waals surface area contributed by atoms with Gasteiger partial charge in [0.1, 0.15) is 5.70 Å². The van der Waals surface area contributed by atoms with Crippen molar-refractivity contribution in [2.75, 3.05) is 0 Å². The number of para-hydroxylation sites is 3. The van der Waals surface area contributed by atoms with E-state index in [-0.39, 0.29) is 0 Å². The lowest BCUT2D eigenvalue weighted by Crippen LogP contribution is -2.26. The maximum Gasteiger partial charge on any atom is 0.251 e. The molecular formula is C30H19N3O2. The number of aromatic nitrogens is 3. The van der Waals surface area contributed by atoms with Crippen LogP contribution in [0.1, 0.15) is 0 Å². The number of nitrogens with zero attached hydrogens (tertiary/aromatic N) is 3. The first-order valence-electron chi connectivity index (χ1n) is 11.4. The first kappa shape index (κ1) is 19.6. The van der Waals surface area contributed by atoms with Crippen LogP contribution in [-0.2, 0) is 9.59 Å². The topological polar surface area (TPSA) is 48.9 Å². The van der Waals surface area contributed by atoms with Crippen LogP contribution in [0.25, 0.3) is 49.8 Å². The van der Waals surface area contributed by atoms with E-state index in [2.05, 4.69) is 0 Å². The Morgan fingerprint density at radius 1 is 0.457 bits per heavy atom. The van der Waals surface area contributed by atoms with E-state index < -0.39 is 11.6 Å². The second kappa shape index (κ2) is 7.30. The molecule has 7 rings (SSSR count). The van der Waals surface area contributed by atoms with E-state index in [1.165, 1.54) is 6.08 Å². The van der Waals surface area contributed by atoms with Gasteiger partial charge in [-0.3, -0.25) is 9.59 Å². The smallest absolute Gasteiger partial charge is 0.251 e. The first-order chi connectivity index (χ1) is 17.2. The summed E-state index contributed by atoms with van der Waals surface area (Å²) >= 11 is 0. The molecule has 0 fully saturated rings. The van der Waals surface area contributed by atoms with Crippen molar-refractivity contribution >= 4 is 61.4 Å². The van der Waals surface area contributed by atoms with Gasteiger partial charge in [0.2, 0.25) is 5.78 Å². The molecule has 166 valence electrons. The van der Waals surface area contributed by atoms with Gasteiger partial charge in [0.15, 0.2) is 0 Å². The fraction of sp³-hybridized carbons (Fsp3) is 0. The zero-order valence-electron chi connectivity index (χ0n) is 18.6. The highest BCUT2D eigenvalue weighted by Crippen LogP contribution is 2.38. The molecule has 0 saturated carbocycles. The minimum absolute atomic E-state index is 0.341. The number of carbonyl (C=O) groups excluding carboxylic acids is 2. The Bertz CT molecular complexity index is 1890. The van der Waals surface area contributed by atoms with Crippen LogP contribution < -0.4 is 0 Å². The Labute approximate surface area is 200 Å². The Balaban J connectivity index is 1.62. The van der Waals surface area contributed by atoms with Crippen LogP contribution in [0.4, 0.5) is 0 Å². The van der Waals surface area contributed by atoms with Crippen molar-refractivity contribution in [3.63, 3.8) is 0 Å². The average molecular weight is 454 g/mol. The van der Waals surface area contributed by atoms with E-state index in [9.17, 15) is 9.59 Å². The molecule has 6 aromatic rings. The molecule has 3 aromatic heterocycles. The van der Waals surface area contributed by atoms with E-state index in [1.807, 2.05) is 123 Å². The summed E-state index contributed by atoms with van der Waals surface area (Å²) in [5, 5.41) is 3.11. The number of fused-ring (bicyclic) bond motifs is 3. The Kier molecular flexibility index (Phi) is 4.08. The minimum atomic E-state index is -0.536.